The normalized spacial score (nSPS) is 33.2. The van der Waals surface area contributed by atoms with Crippen LogP contribution in [0, 0.1) is 17.2 Å². The zero-order chi connectivity index (χ0) is 7.40. The van der Waals surface area contributed by atoms with Crippen molar-refractivity contribution in [1.29, 1.82) is 5.26 Å². The molecule has 0 amide bonds. The van der Waals surface area contributed by atoms with Gasteiger partial charge in [0.25, 0.3) is 0 Å². The molecule has 0 radical (unpaired) electrons. The van der Waals surface area contributed by atoms with Gasteiger partial charge in [0.05, 0.1) is 18.1 Å². The Hall–Kier alpha value is -0.590. The Kier molecular flexibility index (Phi) is 2.67. The van der Waals surface area contributed by atoms with E-state index in [1.165, 1.54) is 0 Å². The van der Waals surface area contributed by atoms with Crippen molar-refractivity contribution >= 4 is 0 Å². The zero-order valence-corrected chi connectivity index (χ0v) is 6.13. The molecule has 0 spiro atoms. The lowest BCUT2D eigenvalue weighted by molar-refractivity contribution is 0.0507. The van der Waals surface area contributed by atoms with Crippen LogP contribution in [-0.4, -0.2) is 26.3 Å². The highest BCUT2D eigenvalue weighted by molar-refractivity contribution is 4.93. The number of hydrogen-bond acceptors (Lipinski definition) is 3. The molecule has 0 aliphatic carbocycles. The number of hydrogen-bond donors (Lipinski definition) is 1. The Labute approximate surface area is 61.0 Å². The number of nitriles is 1. The highest BCUT2D eigenvalue weighted by Crippen LogP contribution is 2.12. The third-order valence-corrected chi connectivity index (χ3v) is 1.89. The molecular weight excluding hydrogens is 128 g/mol. The third-order valence-electron chi connectivity index (χ3n) is 1.89. The lowest BCUT2D eigenvalue weighted by atomic mass is 9.98. The molecule has 0 aromatic carbocycles. The van der Waals surface area contributed by atoms with Crippen molar-refractivity contribution in [2.45, 2.75) is 12.5 Å². The minimum Gasteiger partial charge on any atom is -0.380 e. The number of piperidine rings is 1. The fraction of sp³-hybridized carbons (Fsp3) is 0.857. The molecule has 2 unspecified atom stereocenters. The van der Waals surface area contributed by atoms with Gasteiger partial charge in [0.2, 0.25) is 0 Å². The van der Waals surface area contributed by atoms with Gasteiger partial charge in [-0.05, 0) is 13.0 Å². The molecule has 3 nitrogen and oxygen atoms in total. The fourth-order valence-corrected chi connectivity index (χ4v) is 1.25. The third kappa shape index (κ3) is 1.47. The van der Waals surface area contributed by atoms with Gasteiger partial charge in [-0.3, -0.25) is 0 Å². The molecule has 0 aromatic heterocycles. The summed E-state index contributed by atoms with van der Waals surface area (Å²) in [7, 11) is 1.67. The van der Waals surface area contributed by atoms with Gasteiger partial charge in [0.1, 0.15) is 0 Å². The molecule has 1 aliphatic heterocycles. The summed E-state index contributed by atoms with van der Waals surface area (Å²) in [4.78, 5) is 0. The first-order valence-corrected chi connectivity index (χ1v) is 3.51. The number of nitrogens with one attached hydrogen (secondary N) is 1. The van der Waals surface area contributed by atoms with Crippen LogP contribution in [0.3, 0.4) is 0 Å². The molecule has 1 saturated heterocycles. The maximum Gasteiger partial charge on any atom is 0.0849 e. The molecule has 3 heteroatoms. The predicted molar refractivity (Wildman–Crippen MR) is 37.4 cm³/mol. The summed E-state index contributed by atoms with van der Waals surface area (Å²) in [6.45, 7) is 1.74. The Morgan fingerprint density at radius 2 is 2.50 bits per heavy atom. The van der Waals surface area contributed by atoms with E-state index in [2.05, 4.69) is 11.4 Å². The maximum absolute atomic E-state index is 8.62. The molecule has 1 aliphatic rings. The van der Waals surface area contributed by atoms with Crippen molar-refractivity contribution in [1.82, 2.24) is 5.32 Å². The van der Waals surface area contributed by atoms with Gasteiger partial charge in [-0.1, -0.05) is 0 Å². The summed E-state index contributed by atoms with van der Waals surface area (Å²) < 4.78 is 5.13. The summed E-state index contributed by atoms with van der Waals surface area (Å²) in [5.74, 6) is 0.0405. The minimum absolute atomic E-state index is 0.0405. The largest absolute Gasteiger partial charge is 0.380 e. The molecule has 1 rings (SSSR count). The van der Waals surface area contributed by atoms with Crippen molar-refractivity contribution in [3.63, 3.8) is 0 Å². The van der Waals surface area contributed by atoms with Gasteiger partial charge in [-0.25, -0.2) is 0 Å². The van der Waals surface area contributed by atoms with Crippen LogP contribution < -0.4 is 5.32 Å². The zero-order valence-electron chi connectivity index (χ0n) is 6.13. The van der Waals surface area contributed by atoms with Crippen LogP contribution in [0.15, 0.2) is 0 Å². The first-order chi connectivity index (χ1) is 4.88. The van der Waals surface area contributed by atoms with Crippen molar-refractivity contribution in [2.75, 3.05) is 20.2 Å². The van der Waals surface area contributed by atoms with E-state index in [9.17, 15) is 0 Å². The van der Waals surface area contributed by atoms with Crippen LogP contribution in [-0.2, 0) is 4.74 Å². The highest BCUT2D eigenvalue weighted by Gasteiger charge is 2.23. The van der Waals surface area contributed by atoms with Gasteiger partial charge in [-0.2, -0.15) is 5.26 Å². The van der Waals surface area contributed by atoms with Crippen LogP contribution >= 0.6 is 0 Å². The molecule has 0 bridgehead atoms. The summed E-state index contributed by atoms with van der Waals surface area (Å²) in [6, 6.07) is 2.22. The predicted octanol–water partition coefficient (Wildman–Crippen LogP) is 0.134. The number of methoxy groups -OCH3 is 1. The monoisotopic (exact) mass is 140 g/mol. The Morgan fingerprint density at radius 1 is 1.70 bits per heavy atom. The van der Waals surface area contributed by atoms with Crippen LogP contribution in [0.4, 0.5) is 0 Å². The standard InChI is InChI=1S/C7H12N2O/c1-10-7-2-3-9-5-6(7)4-8/h6-7,9H,2-3,5H2,1H3. The lowest BCUT2D eigenvalue weighted by Crippen LogP contribution is -2.40. The maximum atomic E-state index is 8.62. The molecule has 2 atom stereocenters. The first-order valence-electron chi connectivity index (χ1n) is 3.51. The second-order valence-corrected chi connectivity index (χ2v) is 2.50. The summed E-state index contributed by atoms with van der Waals surface area (Å²) in [5.41, 5.74) is 0. The average Bonchev–Trinajstić information content (AvgIpc) is 2.04. The van der Waals surface area contributed by atoms with E-state index >= 15 is 0 Å². The average molecular weight is 140 g/mol. The van der Waals surface area contributed by atoms with E-state index in [0.717, 1.165) is 19.5 Å². The van der Waals surface area contributed by atoms with E-state index < -0.39 is 0 Å². The highest BCUT2D eigenvalue weighted by atomic mass is 16.5. The summed E-state index contributed by atoms with van der Waals surface area (Å²) >= 11 is 0. The molecule has 1 fully saturated rings. The van der Waals surface area contributed by atoms with E-state index in [-0.39, 0.29) is 12.0 Å². The van der Waals surface area contributed by atoms with Crippen LogP contribution in [0.5, 0.6) is 0 Å². The molecule has 10 heavy (non-hydrogen) atoms. The first kappa shape index (κ1) is 7.52. The molecule has 1 N–H and O–H groups in total. The van der Waals surface area contributed by atoms with Crippen molar-refractivity contribution in [2.24, 2.45) is 5.92 Å². The molecule has 0 saturated carbocycles. The topological polar surface area (TPSA) is 45.0 Å². The molecular formula is C7H12N2O. The smallest absolute Gasteiger partial charge is 0.0849 e. The van der Waals surface area contributed by atoms with Gasteiger partial charge in [0.15, 0.2) is 0 Å². The van der Waals surface area contributed by atoms with Crippen LogP contribution in [0.1, 0.15) is 6.42 Å². The minimum atomic E-state index is 0.0405. The van der Waals surface area contributed by atoms with Gasteiger partial charge in [-0.15, -0.1) is 0 Å². The van der Waals surface area contributed by atoms with Crippen molar-refractivity contribution in [3.8, 4) is 6.07 Å². The molecule has 1 heterocycles. The van der Waals surface area contributed by atoms with Gasteiger partial charge < -0.3 is 10.1 Å². The number of ether oxygens (including phenoxy) is 1. The quantitative estimate of drug-likeness (QED) is 0.563. The second kappa shape index (κ2) is 3.55. The SMILES string of the molecule is COC1CCNCC1C#N. The van der Waals surface area contributed by atoms with Crippen molar-refractivity contribution in [3.05, 3.63) is 0 Å². The van der Waals surface area contributed by atoms with Crippen LogP contribution in [0.25, 0.3) is 0 Å². The summed E-state index contributed by atoms with van der Waals surface area (Å²) in [6.07, 6.45) is 1.10. The number of rotatable bonds is 1. The molecule has 0 aromatic rings. The Balaban J connectivity index is 2.44. The van der Waals surface area contributed by atoms with E-state index in [1.807, 2.05) is 0 Å². The Morgan fingerprint density at radius 3 is 3.00 bits per heavy atom. The van der Waals surface area contributed by atoms with Gasteiger partial charge >= 0.3 is 0 Å². The lowest BCUT2D eigenvalue weighted by Gasteiger charge is -2.25. The van der Waals surface area contributed by atoms with Crippen molar-refractivity contribution < 1.29 is 4.74 Å². The fourth-order valence-electron chi connectivity index (χ4n) is 1.25. The second-order valence-electron chi connectivity index (χ2n) is 2.50. The van der Waals surface area contributed by atoms with Gasteiger partial charge in [0, 0.05) is 13.7 Å². The number of nitrogens with zero attached hydrogens (tertiary/aromatic N) is 1. The molecule has 56 valence electrons. The Bertz CT molecular complexity index is 141. The van der Waals surface area contributed by atoms with Crippen LogP contribution in [0.2, 0.25) is 0 Å². The van der Waals surface area contributed by atoms with E-state index in [1.54, 1.807) is 7.11 Å². The summed E-state index contributed by atoms with van der Waals surface area (Å²) in [5, 5.41) is 11.8. The van der Waals surface area contributed by atoms with E-state index in [4.69, 9.17) is 10.00 Å². The van der Waals surface area contributed by atoms with E-state index in [0.29, 0.717) is 0 Å².